The van der Waals surface area contributed by atoms with Gasteiger partial charge in [0.2, 0.25) is 0 Å². The van der Waals surface area contributed by atoms with Crippen LogP contribution in [-0.2, 0) is 6.42 Å². The average Bonchev–Trinajstić information content (AvgIpc) is 2.51. The van der Waals surface area contributed by atoms with Crippen molar-refractivity contribution >= 4 is 11.3 Å². The maximum Gasteiger partial charge on any atom is 0.120 e. The molecule has 2 rings (SSSR count). The Labute approximate surface area is 87.4 Å². The van der Waals surface area contributed by atoms with Gasteiger partial charge in [-0.3, -0.25) is 0 Å². The van der Waals surface area contributed by atoms with E-state index < -0.39 is 5.60 Å². The fourth-order valence-electron chi connectivity index (χ4n) is 1.76. The minimum Gasteiger partial charge on any atom is -0.389 e. The number of hydrogen-bond donors (Lipinski definition) is 2. The second-order valence-corrected chi connectivity index (χ2v) is 5.13. The number of nitrogens with zero attached hydrogens (tertiary/aromatic N) is 2. The molecule has 2 N–H and O–H groups in total. The molecule has 1 saturated heterocycles. The van der Waals surface area contributed by atoms with E-state index in [4.69, 9.17) is 0 Å². The van der Waals surface area contributed by atoms with E-state index in [9.17, 15) is 5.11 Å². The molecule has 1 aromatic rings. The van der Waals surface area contributed by atoms with Gasteiger partial charge in [-0.25, -0.2) is 0 Å². The van der Waals surface area contributed by atoms with Crippen LogP contribution in [0.4, 0.5) is 0 Å². The molecular formula is C9H15N3OS. The molecule has 1 aromatic heterocycles. The topological polar surface area (TPSA) is 58.0 Å². The highest BCUT2D eigenvalue weighted by Gasteiger charge is 2.30. The highest BCUT2D eigenvalue weighted by Crippen LogP contribution is 2.24. The standard InChI is InChI=1S/C9H15N3OS/c1-7-11-12-8(14-7)6-9(13)2-4-10-5-3-9/h10,13H,2-6H2,1H3. The Hall–Kier alpha value is -0.520. The zero-order valence-corrected chi connectivity index (χ0v) is 9.10. The van der Waals surface area contributed by atoms with E-state index in [-0.39, 0.29) is 0 Å². The Bertz CT molecular complexity index is 307. The van der Waals surface area contributed by atoms with Crippen molar-refractivity contribution in [2.75, 3.05) is 13.1 Å². The summed E-state index contributed by atoms with van der Waals surface area (Å²) in [6.45, 7) is 3.73. The van der Waals surface area contributed by atoms with E-state index >= 15 is 0 Å². The normalized spacial score (nSPS) is 21.0. The molecule has 5 heteroatoms. The van der Waals surface area contributed by atoms with Gasteiger partial charge < -0.3 is 10.4 Å². The van der Waals surface area contributed by atoms with Gasteiger partial charge in [-0.15, -0.1) is 21.5 Å². The summed E-state index contributed by atoms with van der Waals surface area (Å²) in [6.07, 6.45) is 2.28. The summed E-state index contributed by atoms with van der Waals surface area (Å²) in [5, 5.41) is 23.4. The molecule has 0 atom stereocenters. The molecule has 4 nitrogen and oxygen atoms in total. The van der Waals surface area contributed by atoms with E-state index in [0.717, 1.165) is 35.9 Å². The van der Waals surface area contributed by atoms with Gasteiger partial charge in [0.15, 0.2) is 0 Å². The highest BCUT2D eigenvalue weighted by molar-refractivity contribution is 7.11. The molecule has 0 amide bonds. The molecule has 0 bridgehead atoms. The van der Waals surface area contributed by atoms with E-state index in [1.54, 1.807) is 11.3 Å². The number of aliphatic hydroxyl groups is 1. The van der Waals surface area contributed by atoms with Gasteiger partial charge in [-0.1, -0.05) is 0 Å². The van der Waals surface area contributed by atoms with Crippen molar-refractivity contribution in [3.63, 3.8) is 0 Å². The SMILES string of the molecule is Cc1nnc(CC2(O)CCNCC2)s1. The Balaban J connectivity index is 2.01. The minimum atomic E-state index is -0.558. The lowest BCUT2D eigenvalue weighted by molar-refractivity contribution is 0.0107. The number of aromatic nitrogens is 2. The van der Waals surface area contributed by atoms with E-state index in [1.807, 2.05) is 6.92 Å². The van der Waals surface area contributed by atoms with Gasteiger partial charge in [0.1, 0.15) is 10.0 Å². The second kappa shape index (κ2) is 3.92. The van der Waals surface area contributed by atoms with Gasteiger partial charge >= 0.3 is 0 Å². The minimum absolute atomic E-state index is 0.558. The van der Waals surface area contributed by atoms with Gasteiger partial charge in [0.25, 0.3) is 0 Å². The molecule has 1 aliphatic heterocycles. The third-order valence-corrected chi connectivity index (χ3v) is 3.42. The summed E-state index contributed by atoms with van der Waals surface area (Å²) in [6, 6.07) is 0. The fraction of sp³-hybridized carbons (Fsp3) is 0.778. The van der Waals surface area contributed by atoms with Crippen molar-refractivity contribution in [1.29, 1.82) is 0 Å². The first kappa shape index (κ1) is 10.0. The van der Waals surface area contributed by atoms with Crippen LogP contribution in [0.15, 0.2) is 0 Å². The molecule has 0 unspecified atom stereocenters. The molecule has 0 aliphatic carbocycles. The summed E-state index contributed by atoms with van der Waals surface area (Å²) in [5.74, 6) is 0. The zero-order chi connectivity index (χ0) is 10.0. The van der Waals surface area contributed by atoms with Crippen LogP contribution in [-0.4, -0.2) is 34.0 Å². The Morgan fingerprint density at radius 3 is 2.71 bits per heavy atom. The molecule has 0 radical (unpaired) electrons. The van der Waals surface area contributed by atoms with Gasteiger partial charge in [0, 0.05) is 6.42 Å². The van der Waals surface area contributed by atoms with E-state index in [2.05, 4.69) is 15.5 Å². The van der Waals surface area contributed by atoms with E-state index in [0.29, 0.717) is 6.42 Å². The Morgan fingerprint density at radius 2 is 2.14 bits per heavy atom. The summed E-state index contributed by atoms with van der Waals surface area (Å²) in [4.78, 5) is 0. The van der Waals surface area contributed by atoms with Crippen molar-refractivity contribution in [3.8, 4) is 0 Å². The number of nitrogens with one attached hydrogen (secondary N) is 1. The lowest BCUT2D eigenvalue weighted by Gasteiger charge is -2.31. The summed E-state index contributed by atoms with van der Waals surface area (Å²) < 4.78 is 0. The van der Waals surface area contributed by atoms with E-state index in [1.165, 1.54) is 0 Å². The molecule has 0 aromatic carbocycles. The van der Waals surface area contributed by atoms with Crippen LogP contribution in [0.25, 0.3) is 0 Å². The number of piperidine rings is 1. The van der Waals surface area contributed by atoms with Crippen LogP contribution < -0.4 is 5.32 Å². The van der Waals surface area contributed by atoms with Crippen molar-refractivity contribution in [3.05, 3.63) is 10.0 Å². The number of aryl methyl sites for hydroxylation is 1. The first-order valence-corrected chi connectivity index (χ1v) is 5.72. The number of rotatable bonds is 2. The van der Waals surface area contributed by atoms with Crippen molar-refractivity contribution in [2.45, 2.75) is 31.8 Å². The molecule has 14 heavy (non-hydrogen) atoms. The van der Waals surface area contributed by atoms with Crippen LogP contribution in [0.3, 0.4) is 0 Å². The lowest BCUT2D eigenvalue weighted by atomic mass is 9.89. The highest BCUT2D eigenvalue weighted by atomic mass is 32.1. The zero-order valence-electron chi connectivity index (χ0n) is 8.29. The van der Waals surface area contributed by atoms with Crippen LogP contribution in [0.1, 0.15) is 22.9 Å². The molecule has 0 saturated carbocycles. The van der Waals surface area contributed by atoms with Gasteiger partial charge in [-0.05, 0) is 32.9 Å². The monoisotopic (exact) mass is 213 g/mol. The van der Waals surface area contributed by atoms with Crippen LogP contribution in [0.2, 0.25) is 0 Å². The van der Waals surface area contributed by atoms with Crippen LogP contribution >= 0.6 is 11.3 Å². The average molecular weight is 213 g/mol. The first-order chi connectivity index (χ1) is 6.68. The Kier molecular flexibility index (Phi) is 2.80. The Morgan fingerprint density at radius 1 is 1.43 bits per heavy atom. The maximum absolute atomic E-state index is 10.2. The van der Waals surface area contributed by atoms with Crippen LogP contribution in [0.5, 0.6) is 0 Å². The van der Waals surface area contributed by atoms with Gasteiger partial charge in [0.05, 0.1) is 5.60 Å². The second-order valence-electron chi connectivity index (χ2n) is 3.87. The van der Waals surface area contributed by atoms with Crippen molar-refractivity contribution in [2.24, 2.45) is 0 Å². The summed E-state index contributed by atoms with van der Waals surface area (Å²) in [7, 11) is 0. The third-order valence-electron chi connectivity index (χ3n) is 2.58. The molecule has 0 spiro atoms. The molecule has 78 valence electrons. The molecule has 1 aliphatic rings. The van der Waals surface area contributed by atoms with Crippen molar-refractivity contribution in [1.82, 2.24) is 15.5 Å². The first-order valence-electron chi connectivity index (χ1n) is 4.90. The molecule has 1 fully saturated rings. The van der Waals surface area contributed by atoms with Gasteiger partial charge in [-0.2, -0.15) is 0 Å². The molecular weight excluding hydrogens is 198 g/mol. The smallest absolute Gasteiger partial charge is 0.120 e. The maximum atomic E-state index is 10.2. The summed E-state index contributed by atoms with van der Waals surface area (Å²) >= 11 is 1.58. The number of hydrogen-bond acceptors (Lipinski definition) is 5. The van der Waals surface area contributed by atoms with Crippen LogP contribution in [0, 0.1) is 6.92 Å². The largest absolute Gasteiger partial charge is 0.389 e. The lowest BCUT2D eigenvalue weighted by Crippen LogP contribution is -2.43. The predicted molar refractivity (Wildman–Crippen MR) is 55.4 cm³/mol. The quantitative estimate of drug-likeness (QED) is 0.751. The third kappa shape index (κ3) is 2.29. The molecule has 2 heterocycles. The fourth-order valence-corrected chi connectivity index (χ4v) is 2.60. The summed E-state index contributed by atoms with van der Waals surface area (Å²) in [5.41, 5.74) is -0.558. The predicted octanol–water partition coefficient (Wildman–Crippen LogP) is 0.504. The van der Waals surface area contributed by atoms with Crippen molar-refractivity contribution < 1.29 is 5.11 Å².